The number of aryl methyl sites for hydroxylation is 1. The summed E-state index contributed by atoms with van der Waals surface area (Å²) in [5.41, 5.74) is 2.45. The van der Waals surface area contributed by atoms with Gasteiger partial charge in [-0.15, -0.1) is 0 Å². The molecule has 0 bridgehead atoms. The molecule has 3 N–H and O–H groups in total. The van der Waals surface area contributed by atoms with E-state index in [0.717, 1.165) is 11.1 Å². The highest BCUT2D eigenvalue weighted by Crippen LogP contribution is 2.17. The lowest BCUT2D eigenvalue weighted by molar-refractivity contribution is 0.0951. The van der Waals surface area contributed by atoms with Crippen LogP contribution in [0.2, 0.25) is 5.02 Å². The number of hydrogen-bond donors (Lipinski definition) is 3. The van der Waals surface area contributed by atoms with Crippen LogP contribution in [0.1, 0.15) is 21.5 Å². The van der Waals surface area contributed by atoms with Crippen molar-refractivity contribution in [3.05, 3.63) is 94.5 Å². The molecule has 1 amide bonds. The quantitative estimate of drug-likeness (QED) is 0.382. The van der Waals surface area contributed by atoms with Gasteiger partial charge in [0.25, 0.3) is 5.91 Å². The Bertz CT molecular complexity index is 1170. The summed E-state index contributed by atoms with van der Waals surface area (Å²) in [6.07, 6.45) is 0.296. The zero-order chi connectivity index (χ0) is 23.7. The van der Waals surface area contributed by atoms with E-state index in [9.17, 15) is 13.2 Å². The Morgan fingerprint density at radius 1 is 0.970 bits per heavy atom. The molecule has 3 rings (SSSR count). The summed E-state index contributed by atoms with van der Waals surface area (Å²) in [6, 6.07) is 20.5. The van der Waals surface area contributed by atoms with Gasteiger partial charge in [0.2, 0.25) is 10.0 Å². The van der Waals surface area contributed by atoms with Crippen LogP contribution in [0.4, 0.5) is 5.69 Å². The van der Waals surface area contributed by atoms with Gasteiger partial charge >= 0.3 is 0 Å². The number of benzene rings is 3. The van der Waals surface area contributed by atoms with Gasteiger partial charge in [0.15, 0.2) is 0 Å². The molecule has 3 aromatic rings. The summed E-state index contributed by atoms with van der Waals surface area (Å²) < 4.78 is 32.6. The molecular formula is C24H25ClN2O5S. The minimum atomic E-state index is -3.57. The third-order valence-electron chi connectivity index (χ3n) is 4.75. The molecule has 0 radical (unpaired) electrons. The number of nitrogens with one attached hydrogen (secondary N) is 2. The third kappa shape index (κ3) is 7.78. The van der Waals surface area contributed by atoms with Crippen molar-refractivity contribution in [2.75, 3.05) is 23.7 Å². The van der Waals surface area contributed by atoms with Crippen molar-refractivity contribution in [2.24, 2.45) is 0 Å². The van der Waals surface area contributed by atoms with E-state index in [2.05, 4.69) is 10.0 Å². The van der Waals surface area contributed by atoms with E-state index in [-0.39, 0.29) is 24.9 Å². The lowest BCUT2D eigenvalue weighted by Crippen LogP contribution is -2.23. The first kappa shape index (κ1) is 24.6. The second kappa shape index (κ2) is 11.7. The van der Waals surface area contributed by atoms with E-state index in [1.807, 2.05) is 18.2 Å². The molecule has 174 valence electrons. The number of sulfonamides is 1. The standard InChI is InChI=1S/C24H25ClN2O5S/c25-23-4-2-1-3-19(23)13-16-33(30,31)27-21-9-7-20(8-10-21)24(29)26-17-18-5-11-22(12-6-18)32-15-14-28/h1-12,27-28H,13-17H2,(H,26,29). The molecule has 0 unspecified atom stereocenters. The van der Waals surface area contributed by atoms with Crippen LogP contribution in [0, 0.1) is 0 Å². The fraction of sp³-hybridized carbons (Fsp3) is 0.208. The molecule has 0 aliphatic rings. The molecule has 0 fully saturated rings. The van der Waals surface area contributed by atoms with Crippen molar-refractivity contribution in [1.82, 2.24) is 5.32 Å². The number of amides is 1. The van der Waals surface area contributed by atoms with E-state index in [1.54, 1.807) is 54.6 Å². The molecular weight excluding hydrogens is 464 g/mol. The summed E-state index contributed by atoms with van der Waals surface area (Å²) in [5.74, 6) is 0.260. The highest BCUT2D eigenvalue weighted by molar-refractivity contribution is 7.92. The van der Waals surface area contributed by atoms with Gasteiger partial charge in [-0.3, -0.25) is 9.52 Å². The number of aliphatic hydroxyl groups is 1. The average Bonchev–Trinajstić information content (AvgIpc) is 2.81. The SMILES string of the molecule is O=C(NCc1ccc(OCCO)cc1)c1ccc(NS(=O)(=O)CCc2ccccc2Cl)cc1. The van der Waals surface area contributed by atoms with Crippen LogP contribution in [0.25, 0.3) is 0 Å². The van der Waals surface area contributed by atoms with Crippen molar-refractivity contribution in [2.45, 2.75) is 13.0 Å². The molecule has 0 aliphatic carbocycles. The van der Waals surface area contributed by atoms with Crippen molar-refractivity contribution < 1.29 is 23.1 Å². The molecule has 7 nitrogen and oxygen atoms in total. The lowest BCUT2D eigenvalue weighted by Gasteiger charge is -2.10. The van der Waals surface area contributed by atoms with E-state index >= 15 is 0 Å². The number of anilines is 1. The van der Waals surface area contributed by atoms with Crippen LogP contribution in [0.15, 0.2) is 72.8 Å². The molecule has 9 heteroatoms. The van der Waals surface area contributed by atoms with Gasteiger partial charge < -0.3 is 15.2 Å². The Kier molecular flexibility index (Phi) is 8.71. The smallest absolute Gasteiger partial charge is 0.251 e. The molecule has 33 heavy (non-hydrogen) atoms. The van der Waals surface area contributed by atoms with Crippen LogP contribution in [0.5, 0.6) is 5.75 Å². The van der Waals surface area contributed by atoms with Crippen LogP contribution >= 0.6 is 11.6 Å². The minimum absolute atomic E-state index is 0.0550. The number of halogens is 1. The highest BCUT2D eigenvalue weighted by atomic mass is 35.5. The second-order valence-corrected chi connectivity index (χ2v) is 9.49. The Morgan fingerprint density at radius 3 is 2.33 bits per heavy atom. The van der Waals surface area contributed by atoms with Crippen LogP contribution in [-0.2, 0) is 23.0 Å². The van der Waals surface area contributed by atoms with Crippen molar-refractivity contribution in [1.29, 1.82) is 0 Å². The van der Waals surface area contributed by atoms with Crippen molar-refractivity contribution in [3.63, 3.8) is 0 Å². The van der Waals surface area contributed by atoms with Gasteiger partial charge in [0.05, 0.1) is 12.4 Å². The molecule has 0 saturated carbocycles. The molecule has 0 saturated heterocycles. The maximum absolute atomic E-state index is 12.4. The number of hydrogen-bond acceptors (Lipinski definition) is 5. The zero-order valence-electron chi connectivity index (χ0n) is 17.8. The van der Waals surface area contributed by atoms with Gasteiger partial charge in [0, 0.05) is 22.8 Å². The summed E-state index contributed by atoms with van der Waals surface area (Å²) in [7, 11) is -3.57. The Balaban J connectivity index is 1.50. The molecule has 0 heterocycles. The first-order chi connectivity index (χ1) is 15.9. The van der Waals surface area contributed by atoms with E-state index in [0.29, 0.717) is 35.0 Å². The maximum Gasteiger partial charge on any atom is 0.251 e. The van der Waals surface area contributed by atoms with Crippen LogP contribution < -0.4 is 14.8 Å². The van der Waals surface area contributed by atoms with Crippen molar-refractivity contribution >= 4 is 33.2 Å². The Morgan fingerprint density at radius 2 is 1.67 bits per heavy atom. The van der Waals surface area contributed by atoms with E-state index < -0.39 is 10.0 Å². The molecule has 3 aromatic carbocycles. The number of carbonyl (C=O) groups is 1. The van der Waals surface area contributed by atoms with Crippen LogP contribution in [-0.4, -0.2) is 38.4 Å². The first-order valence-electron chi connectivity index (χ1n) is 10.3. The van der Waals surface area contributed by atoms with Crippen LogP contribution in [0.3, 0.4) is 0 Å². The second-order valence-electron chi connectivity index (χ2n) is 7.24. The molecule has 0 spiro atoms. The monoisotopic (exact) mass is 488 g/mol. The van der Waals surface area contributed by atoms with Crippen molar-refractivity contribution in [3.8, 4) is 5.75 Å². The minimum Gasteiger partial charge on any atom is -0.491 e. The average molecular weight is 489 g/mol. The normalized spacial score (nSPS) is 11.1. The fourth-order valence-corrected chi connectivity index (χ4v) is 4.33. The molecule has 0 atom stereocenters. The molecule has 0 aliphatic heterocycles. The lowest BCUT2D eigenvalue weighted by atomic mass is 10.2. The predicted molar refractivity (Wildman–Crippen MR) is 129 cm³/mol. The van der Waals surface area contributed by atoms with E-state index in [4.69, 9.17) is 21.4 Å². The highest BCUT2D eigenvalue weighted by Gasteiger charge is 2.13. The van der Waals surface area contributed by atoms with Gasteiger partial charge in [-0.25, -0.2) is 8.42 Å². The summed E-state index contributed by atoms with van der Waals surface area (Å²) in [4.78, 5) is 12.4. The predicted octanol–water partition coefficient (Wildman–Crippen LogP) is 3.63. The van der Waals surface area contributed by atoms with Gasteiger partial charge in [0.1, 0.15) is 12.4 Å². The number of aliphatic hydroxyl groups excluding tert-OH is 1. The summed E-state index contributed by atoms with van der Waals surface area (Å²) in [5, 5.41) is 12.1. The summed E-state index contributed by atoms with van der Waals surface area (Å²) >= 11 is 6.08. The topological polar surface area (TPSA) is 105 Å². The number of carbonyl (C=O) groups excluding carboxylic acids is 1. The van der Waals surface area contributed by atoms with Gasteiger partial charge in [-0.05, 0) is 60.0 Å². The molecule has 0 aromatic heterocycles. The zero-order valence-corrected chi connectivity index (χ0v) is 19.4. The maximum atomic E-state index is 12.4. The van der Waals surface area contributed by atoms with Gasteiger partial charge in [-0.1, -0.05) is 41.9 Å². The Hall–Kier alpha value is -3.07. The largest absolute Gasteiger partial charge is 0.491 e. The Labute approximate surface area is 198 Å². The number of ether oxygens (including phenoxy) is 1. The third-order valence-corrected chi connectivity index (χ3v) is 6.41. The fourth-order valence-electron chi connectivity index (χ4n) is 3.02. The number of rotatable bonds is 11. The summed E-state index contributed by atoms with van der Waals surface area (Å²) in [6.45, 7) is 0.500. The van der Waals surface area contributed by atoms with Gasteiger partial charge in [-0.2, -0.15) is 0 Å². The first-order valence-corrected chi connectivity index (χ1v) is 12.3. The van der Waals surface area contributed by atoms with E-state index in [1.165, 1.54) is 0 Å².